The maximum absolute atomic E-state index is 13.2. The van der Waals surface area contributed by atoms with Crippen LogP contribution >= 0.6 is 0 Å². The van der Waals surface area contributed by atoms with Crippen LogP contribution in [0.5, 0.6) is 0 Å². The first-order valence-corrected chi connectivity index (χ1v) is 9.76. The van der Waals surface area contributed by atoms with Crippen molar-refractivity contribution in [1.29, 1.82) is 0 Å². The molecular formula is C21H23N3O3. The van der Waals surface area contributed by atoms with Gasteiger partial charge in [-0.2, -0.15) is 0 Å². The lowest BCUT2D eigenvalue weighted by molar-refractivity contribution is -0.124. The largest absolute Gasteiger partial charge is 0.350 e. The summed E-state index contributed by atoms with van der Waals surface area (Å²) in [4.78, 5) is 30.0. The highest BCUT2D eigenvalue weighted by Gasteiger charge is 2.52. The molecule has 1 fully saturated rings. The number of fused-ring (bicyclic) bond motifs is 3. The van der Waals surface area contributed by atoms with Gasteiger partial charge >= 0.3 is 0 Å². The van der Waals surface area contributed by atoms with Crippen molar-refractivity contribution < 1.29 is 14.1 Å². The normalized spacial score (nSPS) is 24.3. The molecule has 0 radical (unpaired) electrons. The average Bonchev–Trinajstić information content (AvgIpc) is 3.23. The number of likely N-dealkylation sites (N-methyl/N-ethyl adjacent to an activating group) is 1. The van der Waals surface area contributed by atoms with E-state index < -0.39 is 5.41 Å². The molecule has 5 rings (SSSR count). The monoisotopic (exact) mass is 365 g/mol. The van der Waals surface area contributed by atoms with Crippen LogP contribution in [0.15, 0.2) is 28.8 Å². The van der Waals surface area contributed by atoms with Crippen LogP contribution in [0.25, 0.3) is 0 Å². The maximum atomic E-state index is 13.2. The van der Waals surface area contributed by atoms with Gasteiger partial charge in [0.05, 0.1) is 11.1 Å². The highest BCUT2D eigenvalue weighted by Crippen LogP contribution is 2.46. The lowest BCUT2D eigenvalue weighted by Gasteiger charge is -2.39. The third kappa shape index (κ3) is 2.28. The molecule has 0 saturated carbocycles. The predicted molar refractivity (Wildman–Crippen MR) is 99.8 cm³/mol. The number of anilines is 1. The van der Waals surface area contributed by atoms with Gasteiger partial charge in [0.2, 0.25) is 11.7 Å². The number of likely N-dealkylation sites (tertiary alicyclic amines) is 1. The van der Waals surface area contributed by atoms with Crippen LogP contribution in [-0.2, 0) is 23.1 Å². The minimum atomic E-state index is -0.640. The highest BCUT2D eigenvalue weighted by molar-refractivity contribution is 6.08. The molecule has 27 heavy (non-hydrogen) atoms. The van der Waals surface area contributed by atoms with Crippen molar-refractivity contribution in [3.8, 4) is 0 Å². The van der Waals surface area contributed by atoms with E-state index >= 15 is 0 Å². The minimum absolute atomic E-state index is 0.0841. The number of para-hydroxylation sites is 1. The number of nitrogens with zero attached hydrogens (tertiary/aromatic N) is 3. The fourth-order valence-corrected chi connectivity index (χ4v) is 5.04. The summed E-state index contributed by atoms with van der Waals surface area (Å²) in [5.41, 5.74) is 3.25. The summed E-state index contributed by atoms with van der Waals surface area (Å²) in [5, 5.41) is 4.13. The first kappa shape index (κ1) is 16.5. The lowest BCUT2D eigenvalue weighted by Crippen LogP contribution is -2.53. The smallest absolute Gasteiger partial charge is 0.292 e. The molecular weight excluding hydrogens is 342 g/mol. The molecule has 2 amide bonds. The maximum Gasteiger partial charge on any atom is 0.292 e. The van der Waals surface area contributed by atoms with Crippen molar-refractivity contribution in [3.63, 3.8) is 0 Å². The van der Waals surface area contributed by atoms with Gasteiger partial charge in [-0.1, -0.05) is 23.4 Å². The Labute approximate surface area is 158 Å². The number of hydrogen-bond donors (Lipinski definition) is 0. The van der Waals surface area contributed by atoms with E-state index in [1.165, 1.54) is 0 Å². The summed E-state index contributed by atoms with van der Waals surface area (Å²) >= 11 is 0. The molecule has 6 nitrogen and oxygen atoms in total. The predicted octanol–water partition coefficient (Wildman–Crippen LogP) is 2.70. The van der Waals surface area contributed by atoms with Gasteiger partial charge in [-0.25, -0.2) is 0 Å². The number of carbonyl (C=O) groups excluding carboxylic acids is 2. The summed E-state index contributed by atoms with van der Waals surface area (Å²) in [6, 6.07) is 7.94. The summed E-state index contributed by atoms with van der Waals surface area (Å²) in [6.45, 7) is 1.05. The van der Waals surface area contributed by atoms with Crippen molar-refractivity contribution in [2.45, 2.75) is 43.9 Å². The van der Waals surface area contributed by atoms with Gasteiger partial charge in [-0.3, -0.25) is 9.59 Å². The Balaban J connectivity index is 1.49. The van der Waals surface area contributed by atoms with Crippen LogP contribution in [0.3, 0.4) is 0 Å². The molecule has 1 aliphatic carbocycles. The first-order valence-electron chi connectivity index (χ1n) is 9.76. The summed E-state index contributed by atoms with van der Waals surface area (Å²) in [6.07, 6.45) is 5.46. The van der Waals surface area contributed by atoms with Crippen LogP contribution in [0, 0.1) is 0 Å². The molecule has 1 atom stereocenters. The van der Waals surface area contributed by atoms with Crippen molar-refractivity contribution in [3.05, 3.63) is 46.8 Å². The van der Waals surface area contributed by atoms with Crippen molar-refractivity contribution in [2.24, 2.45) is 0 Å². The molecule has 1 saturated heterocycles. The van der Waals surface area contributed by atoms with Crippen LogP contribution in [-0.4, -0.2) is 42.0 Å². The lowest BCUT2D eigenvalue weighted by atomic mass is 9.75. The molecule has 6 heteroatoms. The molecule has 0 N–H and O–H groups in total. The Hall–Kier alpha value is -2.63. The number of hydrogen-bond acceptors (Lipinski definition) is 4. The number of benzene rings is 1. The first-order chi connectivity index (χ1) is 13.1. The van der Waals surface area contributed by atoms with Crippen molar-refractivity contribution >= 4 is 17.5 Å². The number of carbonyl (C=O) groups is 2. The fraction of sp³-hybridized carbons (Fsp3) is 0.476. The van der Waals surface area contributed by atoms with E-state index in [0.29, 0.717) is 18.8 Å². The Morgan fingerprint density at radius 3 is 2.89 bits per heavy atom. The summed E-state index contributed by atoms with van der Waals surface area (Å²) < 4.78 is 5.46. The van der Waals surface area contributed by atoms with Gasteiger partial charge in [0.25, 0.3) is 5.91 Å². The number of aromatic nitrogens is 1. The standard InChI is InChI=1S/C21H23N3O3/c1-23-17-10-5-3-8-15(17)21(20(23)26)11-6-12-24(13-21)19(25)18-14-7-2-4-9-16(14)22-27-18/h3,5,8,10H,2,4,6-7,9,11-13H2,1H3/t21-/m1/s1. The van der Waals surface area contributed by atoms with E-state index in [4.69, 9.17) is 4.52 Å². The SMILES string of the molecule is CN1C(=O)[C@@]2(CCCN(C(=O)c3onc4c3CCCC4)C2)c2ccccc21. The second kappa shape index (κ2) is 5.94. The molecule has 3 heterocycles. The topological polar surface area (TPSA) is 66.7 Å². The fourth-order valence-electron chi connectivity index (χ4n) is 5.04. The molecule has 2 aromatic rings. The molecule has 0 bridgehead atoms. The summed E-state index contributed by atoms with van der Waals surface area (Å²) in [5.74, 6) is 0.346. The van der Waals surface area contributed by atoms with Gasteiger partial charge < -0.3 is 14.3 Å². The third-order valence-corrected chi connectivity index (χ3v) is 6.43. The Morgan fingerprint density at radius 2 is 2.00 bits per heavy atom. The van der Waals surface area contributed by atoms with Crippen LogP contribution in [0.4, 0.5) is 5.69 Å². The summed E-state index contributed by atoms with van der Waals surface area (Å²) in [7, 11) is 1.82. The highest BCUT2D eigenvalue weighted by atomic mass is 16.5. The van der Waals surface area contributed by atoms with Gasteiger partial charge in [-0.15, -0.1) is 0 Å². The van der Waals surface area contributed by atoms with Crippen molar-refractivity contribution in [2.75, 3.05) is 25.0 Å². The average molecular weight is 365 g/mol. The zero-order chi connectivity index (χ0) is 18.6. The molecule has 0 unspecified atom stereocenters. The zero-order valence-electron chi connectivity index (χ0n) is 15.5. The van der Waals surface area contributed by atoms with Gasteiger partial charge in [0, 0.05) is 31.4 Å². The Morgan fingerprint density at radius 1 is 1.19 bits per heavy atom. The van der Waals surface area contributed by atoms with Crippen LogP contribution in [0.2, 0.25) is 0 Å². The molecule has 1 spiro atoms. The molecule has 1 aromatic carbocycles. The molecule has 140 valence electrons. The quantitative estimate of drug-likeness (QED) is 0.779. The zero-order valence-corrected chi connectivity index (χ0v) is 15.5. The van der Waals surface area contributed by atoms with Crippen LogP contribution < -0.4 is 4.90 Å². The number of aryl methyl sites for hydroxylation is 1. The van der Waals surface area contributed by atoms with Crippen molar-refractivity contribution in [1.82, 2.24) is 10.1 Å². The number of rotatable bonds is 1. The second-order valence-corrected chi connectivity index (χ2v) is 7.94. The van der Waals surface area contributed by atoms with E-state index in [2.05, 4.69) is 5.16 Å². The second-order valence-electron chi connectivity index (χ2n) is 7.94. The van der Waals surface area contributed by atoms with Crippen LogP contribution in [0.1, 0.15) is 53.1 Å². The van der Waals surface area contributed by atoms with E-state index in [1.54, 1.807) is 9.80 Å². The Bertz CT molecular complexity index is 935. The van der Waals surface area contributed by atoms with E-state index in [-0.39, 0.29) is 11.8 Å². The number of amides is 2. The third-order valence-electron chi connectivity index (χ3n) is 6.43. The van der Waals surface area contributed by atoms with E-state index in [9.17, 15) is 9.59 Å². The minimum Gasteiger partial charge on any atom is -0.350 e. The van der Waals surface area contributed by atoms with E-state index in [0.717, 1.165) is 61.0 Å². The molecule has 1 aromatic heterocycles. The van der Waals surface area contributed by atoms with Gasteiger partial charge in [-0.05, 0) is 50.2 Å². The van der Waals surface area contributed by atoms with E-state index in [1.807, 2.05) is 31.3 Å². The number of piperidine rings is 1. The van der Waals surface area contributed by atoms with Gasteiger partial charge in [0.1, 0.15) is 0 Å². The molecule has 2 aliphatic heterocycles. The Kier molecular flexibility index (Phi) is 3.64. The molecule has 3 aliphatic rings. The van der Waals surface area contributed by atoms with Gasteiger partial charge in [0.15, 0.2) is 0 Å².